The van der Waals surface area contributed by atoms with E-state index in [9.17, 15) is 30.4 Å². The third-order valence-electron chi connectivity index (χ3n) is 8.00. The molecular weight excluding hydrogens is 731 g/mol. The first-order valence-corrected chi connectivity index (χ1v) is 20.1. The smallest absolute Gasteiger partial charge is 0.239 e. The molecule has 3 heterocycles. The van der Waals surface area contributed by atoms with Crippen LogP contribution in [0.3, 0.4) is 0 Å². The Labute approximate surface area is 308 Å². The largest absolute Gasteiger partial charge is 0.347 e. The average molecular weight is 773 g/mol. The highest BCUT2D eigenvalue weighted by molar-refractivity contribution is 7.92. The molecule has 0 N–H and O–H groups in total. The number of nitrogens with zero attached hydrogens (tertiary/aromatic N) is 6. The lowest BCUT2D eigenvalue weighted by Crippen LogP contribution is -2.27. The van der Waals surface area contributed by atoms with Gasteiger partial charge < -0.3 is 9.47 Å². The van der Waals surface area contributed by atoms with Crippen molar-refractivity contribution in [1.29, 1.82) is 0 Å². The van der Waals surface area contributed by atoms with Crippen LogP contribution in [0.15, 0.2) is 54.6 Å². The first-order chi connectivity index (χ1) is 24.8. The quantitative estimate of drug-likeness (QED) is 0.169. The van der Waals surface area contributed by atoms with Gasteiger partial charge in [-0.3, -0.25) is 4.79 Å². The van der Waals surface area contributed by atoms with Gasteiger partial charge in [0, 0.05) is 30.8 Å². The lowest BCUT2D eigenvalue weighted by molar-refractivity contribution is -0.000914. The number of halogens is 2. The van der Waals surface area contributed by atoms with Crippen molar-refractivity contribution in [1.82, 2.24) is 19.9 Å². The summed E-state index contributed by atoms with van der Waals surface area (Å²) >= 11 is 0. The second kappa shape index (κ2) is 17.0. The molecule has 5 rings (SSSR count). The molecule has 2 aromatic heterocycles. The van der Waals surface area contributed by atoms with E-state index in [1.807, 2.05) is 33.8 Å². The zero-order valence-corrected chi connectivity index (χ0v) is 32.2. The number of hydrogen-bond acceptors (Lipinski definition) is 11. The molecule has 1 saturated heterocycles. The predicted molar refractivity (Wildman–Crippen MR) is 200 cm³/mol. The summed E-state index contributed by atoms with van der Waals surface area (Å²) in [7, 11) is -4.38. The minimum absolute atomic E-state index is 0.0195. The summed E-state index contributed by atoms with van der Waals surface area (Å²) < 4.78 is 87.2. The second-order valence-corrected chi connectivity index (χ2v) is 16.7. The highest BCUT2D eigenvalue weighted by Gasteiger charge is 2.24. The van der Waals surface area contributed by atoms with Gasteiger partial charge in [0.25, 0.3) is 0 Å². The fraction of sp³-hybridized carbons (Fsp3) is 0.361. The van der Waals surface area contributed by atoms with Crippen LogP contribution in [-0.2, 0) is 29.5 Å². The van der Waals surface area contributed by atoms with E-state index in [2.05, 4.69) is 19.9 Å². The van der Waals surface area contributed by atoms with Crippen LogP contribution < -0.4 is 8.61 Å². The topological polar surface area (TPSA) is 162 Å². The summed E-state index contributed by atoms with van der Waals surface area (Å²) in [5.41, 5.74) is 4.00. The van der Waals surface area contributed by atoms with Crippen molar-refractivity contribution in [2.45, 2.75) is 45.8 Å². The molecule has 13 nitrogen and oxygen atoms in total. The van der Waals surface area contributed by atoms with E-state index in [-0.39, 0.29) is 40.8 Å². The third-order valence-corrected chi connectivity index (χ3v) is 10.3. The second-order valence-electron chi connectivity index (χ2n) is 12.7. The van der Waals surface area contributed by atoms with E-state index in [4.69, 9.17) is 9.47 Å². The molecule has 0 radical (unpaired) electrons. The normalized spacial score (nSPS) is 13.7. The van der Waals surface area contributed by atoms with Crippen LogP contribution in [0.4, 0.5) is 20.7 Å². The summed E-state index contributed by atoms with van der Waals surface area (Å²) in [5.74, 6) is -0.913. The van der Waals surface area contributed by atoms with Crippen LogP contribution in [0, 0.1) is 11.6 Å². The van der Waals surface area contributed by atoms with Crippen molar-refractivity contribution in [2.24, 2.45) is 0 Å². The number of carbonyl (C=O) groups excluding carboxylic acids is 1. The van der Waals surface area contributed by atoms with Gasteiger partial charge in [-0.15, -0.1) is 0 Å². The van der Waals surface area contributed by atoms with Crippen molar-refractivity contribution < 1.29 is 39.9 Å². The molecule has 0 amide bonds. The van der Waals surface area contributed by atoms with Crippen molar-refractivity contribution in [3.8, 4) is 22.5 Å². The van der Waals surface area contributed by atoms with Crippen molar-refractivity contribution in [3.63, 3.8) is 0 Å². The molecule has 17 heteroatoms. The Morgan fingerprint density at radius 1 is 0.679 bits per heavy atom. The van der Waals surface area contributed by atoms with E-state index in [1.54, 1.807) is 18.2 Å². The molecule has 0 spiro atoms. The van der Waals surface area contributed by atoms with Crippen LogP contribution >= 0.6 is 0 Å². The fourth-order valence-corrected chi connectivity index (χ4v) is 5.76. The Kier molecular flexibility index (Phi) is 13.1. The number of ether oxygens (including phenoxy) is 2. The number of carbonyl (C=O) groups is 1. The number of aldehydes is 1. The molecule has 1 aliphatic rings. The Morgan fingerprint density at radius 3 is 1.42 bits per heavy atom. The molecule has 0 bridgehead atoms. The minimum atomic E-state index is -3.56. The summed E-state index contributed by atoms with van der Waals surface area (Å²) in [5, 5.41) is 0. The molecule has 1 fully saturated rings. The van der Waals surface area contributed by atoms with Crippen LogP contribution in [0.25, 0.3) is 28.6 Å². The lowest BCUT2D eigenvalue weighted by Gasteiger charge is -2.20. The number of aromatic nitrogens is 4. The molecule has 53 heavy (non-hydrogen) atoms. The molecule has 0 saturated carbocycles. The van der Waals surface area contributed by atoms with Crippen molar-refractivity contribution >= 4 is 44.3 Å². The van der Waals surface area contributed by atoms with Gasteiger partial charge in [0.1, 0.15) is 11.6 Å². The van der Waals surface area contributed by atoms with Gasteiger partial charge in [-0.1, -0.05) is 27.7 Å². The van der Waals surface area contributed by atoms with Gasteiger partial charge in [0.05, 0.1) is 54.1 Å². The Balaban J connectivity index is 0.000000241. The summed E-state index contributed by atoms with van der Waals surface area (Å²) in [6.07, 6.45) is 5.88. The molecule has 1 aliphatic heterocycles. The highest BCUT2D eigenvalue weighted by atomic mass is 32.2. The van der Waals surface area contributed by atoms with E-state index in [1.165, 1.54) is 50.5 Å². The Hall–Kier alpha value is -4.71. The van der Waals surface area contributed by atoms with Crippen LogP contribution in [0.5, 0.6) is 0 Å². The number of anilines is 2. The number of benzene rings is 2. The maximum absolute atomic E-state index is 13.5. The van der Waals surface area contributed by atoms with Crippen LogP contribution in [0.2, 0.25) is 0 Å². The number of hydrogen-bond donors (Lipinski definition) is 0. The maximum Gasteiger partial charge on any atom is 0.239 e. The number of sulfonamides is 2. The van der Waals surface area contributed by atoms with Gasteiger partial charge in [-0.2, -0.15) is 0 Å². The van der Waals surface area contributed by atoms with Gasteiger partial charge in [0.15, 0.2) is 12.6 Å². The molecule has 284 valence electrons. The summed E-state index contributed by atoms with van der Waals surface area (Å²) in [6.45, 7) is 8.64. The van der Waals surface area contributed by atoms with Crippen LogP contribution in [0.1, 0.15) is 66.8 Å². The molecular formula is C36H42F2N6O7S2. The molecule has 4 aromatic rings. The van der Waals surface area contributed by atoms with Crippen LogP contribution in [-0.4, -0.2) is 89.2 Å². The van der Waals surface area contributed by atoms with Gasteiger partial charge in [-0.25, -0.2) is 54.2 Å². The molecule has 0 atom stereocenters. The van der Waals surface area contributed by atoms with E-state index in [0.29, 0.717) is 53.3 Å². The number of rotatable bonds is 11. The predicted octanol–water partition coefficient (Wildman–Crippen LogP) is 5.80. The van der Waals surface area contributed by atoms with Crippen molar-refractivity contribution in [2.75, 3.05) is 48.4 Å². The zero-order valence-electron chi connectivity index (χ0n) is 30.6. The molecule has 0 aliphatic carbocycles. The molecule has 2 aromatic carbocycles. The van der Waals surface area contributed by atoms with Crippen molar-refractivity contribution in [3.05, 3.63) is 88.8 Å². The van der Waals surface area contributed by atoms with Gasteiger partial charge in [0.2, 0.25) is 31.9 Å². The summed E-state index contributed by atoms with van der Waals surface area (Å²) in [4.78, 5) is 29.1. The van der Waals surface area contributed by atoms with E-state index < -0.39 is 32.2 Å². The van der Waals surface area contributed by atoms with Gasteiger partial charge >= 0.3 is 0 Å². The maximum atomic E-state index is 13.5. The Morgan fingerprint density at radius 2 is 1.06 bits per heavy atom. The fourth-order valence-electron chi connectivity index (χ4n) is 5.01. The highest BCUT2D eigenvalue weighted by Crippen LogP contribution is 2.32. The average Bonchev–Trinajstić information content (AvgIpc) is 3.63. The first kappa shape index (κ1) is 41.1. The first-order valence-electron chi connectivity index (χ1n) is 16.4. The van der Waals surface area contributed by atoms with Gasteiger partial charge in [-0.05, 0) is 72.5 Å². The monoisotopic (exact) mass is 772 g/mol. The zero-order chi connectivity index (χ0) is 39.2. The SMILES string of the molecule is CC(C)c1nc(N(C)S(C)(=O)=O)nc(-c2ccc(F)cc2)c1/C=C/C1OCCO1.CC(C)c1nc(N(C)S(C)(=O)=O)nc(-c2ccc(F)cc2)c1C=O. The minimum Gasteiger partial charge on any atom is -0.347 e. The summed E-state index contributed by atoms with van der Waals surface area (Å²) in [6, 6.07) is 11.4. The van der Waals surface area contributed by atoms with E-state index in [0.717, 1.165) is 21.1 Å². The standard InChI is InChI=1S/C20H24FN3O4S.C16H18FN3O3S/c1-13(2)18-16(9-10-17-27-11-12-28-17)19(14-5-7-15(21)8-6-14)23-20(22-18)24(3)29(4,25)26;1-10(2)14-13(9-21)15(11-5-7-12(17)8-6-11)19-16(18-14)20(3)24(4,22)23/h5-10,13,17H,11-12H2,1-4H3;5-10H,1-4H3/b10-9+;. The third kappa shape index (κ3) is 10.2. The lowest BCUT2D eigenvalue weighted by atomic mass is 9.98. The van der Waals surface area contributed by atoms with E-state index >= 15 is 0 Å². The Bertz CT molecular complexity index is 2180. The molecule has 0 unspecified atom stereocenters.